The molecule has 5 unspecified atom stereocenters. The number of aryl methyl sites for hydroxylation is 1. The number of hydrogen-bond acceptors (Lipinski definition) is 7. The van der Waals surface area contributed by atoms with Crippen LogP contribution in [0.15, 0.2) is 48.6 Å². The Kier molecular flexibility index (Phi) is 9.95. The maximum atomic E-state index is 13.6. The summed E-state index contributed by atoms with van der Waals surface area (Å²) in [5.74, 6) is 0.485. The molecular formula is C36H45ClN2O6S. The molecule has 10 heteroatoms. The summed E-state index contributed by atoms with van der Waals surface area (Å²) in [6.45, 7) is 4.33. The average Bonchev–Trinajstić information content (AvgIpc) is 3.19. The molecule has 1 saturated carbocycles. The van der Waals surface area contributed by atoms with Crippen molar-refractivity contribution in [1.82, 2.24) is 4.72 Å². The zero-order chi connectivity index (χ0) is 32.5. The Labute approximate surface area is 279 Å². The number of hydrogen-bond donors (Lipinski definition) is 1. The summed E-state index contributed by atoms with van der Waals surface area (Å²) in [6, 6.07) is 11.7. The normalized spacial score (nSPS) is 33.4. The first kappa shape index (κ1) is 33.2. The van der Waals surface area contributed by atoms with E-state index in [1.165, 1.54) is 11.1 Å². The minimum Gasteiger partial charge on any atom is -0.490 e. The van der Waals surface area contributed by atoms with Crippen molar-refractivity contribution in [2.75, 3.05) is 45.4 Å². The third-order valence-corrected chi connectivity index (χ3v) is 12.8. The largest absolute Gasteiger partial charge is 0.490 e. The summed E-state index contributed by atoms with van der Waals surface area (Å²) >= 11 is 6.43. The van der Waals surface area contributed by atoms with E-state index in [-0.39, 0.29) is 34.3 Å². The van der Waals surface area contributed by atoms with Gasteiger partial charge in [-0.15, -0.1) is 0 Å². The van der Waals surface area contributed by atoms with Crippen LogP contribution in [0.1, 0.15) is 66.9 Å². The Hall–Kier alpha value is -2.72. The molecule has 248 valence electrons. The number of rotatable bonds is 5. The second-order valence-electron chi connectivity index (χ2n) is 13.6. The Morgan fingerprint density at radius 1 is 1.20 bits per heavy atom. The van der Waals surface area contributed by atoms with Crippen LogP contribution in [0.3, 0.4) is 0 Å². The van der Waals surface area contributed by atoms with Crippen LogP contribution in [0, 0.1) is 17.8 Å². The number of ether oxygens (including phenoxy) is 3. The molecule has 1 fully saturated rings. The molecule has 46 heavy (non-hydrogen) atoms. The number of allylic oxidation sites excluding steroid dienone is 1. The molecule has 6 rings (SSSR count). The van der Waals surface area contributed by atoms with Crippen LogP contribution in [0.4, 0.5) is 5.69 Å². The van der Waals surface area contributed by atoms with Gasteiger partial charge in [0.2, 0.25) is 0 Å². The lowest BCUT2D eigenvalue weighted by Gasteiger charge is -2.48. The van der Waals surface area contributed by atoms with Gasteiger partial charge in [-0.2, -0.15) is 0 Å². The van der Waals surface area contributed by atoms with Gasteiger partial charge < -0.3 is 19.1 Å². The van der Waals surface area contributed by atoms with E-state index in [0.29, 0.717) is 50.5 Å². The minimum atomic E-state index is -1.66. The molecule has 4 aliphatic rings. The molecule has 2 aliphatic heterocycles. The number of nitrogens with one attached hydrogen (secondary N) is 1. The zero-order valence-electron chi connectivity index (χ0n) is 27.0. The molecule has 1 amide bonds. The van der Waals surface area contributed by atoms with Gasteiger partial charge in [-0.25, -0.2) is 4.21 Å². The van der Waals surface area contributed by atoms with Crippen LogP contribution in [0.2, 0.25) is 5.02 Å². The van der Waals surface area contributed by atoms with Crippen LogP contribution in [-0.2, 0) is 37.1 Å². The van der Waals surface area contributed by atoms with E-state index in [4.69, 9.17) is 25.8 Å². The van der Waals surface area contributed by atoms with Crippen molar-refractivity contribution in [2.45, 2.75) is 68.1 Å². The molecule has 1 N–H and O–H groups in total. The number of nitrogens with zero attached hydrogens (tertiary/aromatic N) is 1. The van der Waals surface area contributed by atoms with Crippen LogP contribution in [0.25, 0.3) is 0 Å². The molecule has 2 aromatic carbocycles. The highest BCUT2D eigenvalue weighted by molar-refractivity contribution is 7.84. The van der Waals surface area contributed by atoms with Crippen LogP contribution in [-0.4, -0.2) is 67.8 Å². The van der Waals surface area contributed by atoms with Gasteiger partial charge >= 0.3 is 0 Å². The summed E-state index contributed by atoms with van der Waals surface area (Å²) in [4.78, 5) is 28.8. The number of fused-ring (bicyclic) bond motifs is 4. The molecule has 2 bridgehead atoms. The SMILES string of the molecule is COCCC1C(C)C/C=C/[C@@](C=O)(OC)C2CCC2CN2C[C@@]3(CCCc4cc(Cl)ccc43)COc3ccc(cc32)C(=O)NS1=O. The van der Waals surface area contributed by atoms with Crippen molar-refractivity contribution in [1.29, 1.82) is 0 Å². The lowest BCUT2D eigenvalue weighted by atomic mass is 9.64. The number of halogens is 1. The van der Waals surface area contributed by atoms with Crippen molar-refractivity contribution in [3.05, 3.63) is 70.3 Å². The van der Waals surface area contributed by atoms with Gasteiger partial charge in [0.15, 0.2) is 6.29 Å². The van der Waals surface area contributed by atoms with E-state index in [1.54, 1.807) is 20.3 Å². The summed E-state index contributed by atoms with van der Waals surface area (Å²) in [5, 5.41) is 0.396. The summed E-state index contributed by atoms with van der Waals surface area (Å²) in [6.07, 6.45) is 10.8. The number of anilines is 1. The fourth-order valence-corrected chi connectivity index (χ4v) is 9.61. The van der Waals surface area contributed by atoms with Crippen LogP contribution in [0.5, 0.6) is 5.75 Å². The van der Waals surface area contributed by atoms with E-state index in [9.17, 15) is 13.8 Å². The lowest BCUT2D eigenvalue weighted by Crippen LogP contribution is -2.53. The second kappa shape index (κ2) is 13.8. The fraction of sp³-hybridized carbons (Fsp3) is 0.556. The van der Waals surface area contributed by atoms with Crippen molar-refractivity contribution >= 4 is 40.5 Å². The minimum absolute atomic E-state index is 0.000355. The first-order valence-corrected chi connectivity index (χ1v) is 18.0. The molecule has 0 radical (unpaired) electrons. The van der Waals surface area contributed by atoms with Crippen LogP contribution >= 0.6 is 11.6 Å². The molecule has 2 aliphatic carbocycles. The second-order valence-corrected chi connectivity index (χ2v) is 15.4. The predicted octanol–water partition coefficient (Wildman–Crippen LogP) is 5.82. The Bertz CT molecular complexity index is 1520. The van der Waals surface area contributed by atoms with Crippen molar-refractivity contribution < 1.29 is 28.0 Å². The quantitative estimate of drug-likeness (QED) is 0.317. The van der Waals surface area contributed by atoms with Crippen molar-refractivity contribution in [3.8, 4) is 5.75 Å². The van der Waals surface area contributed by atoms with Gasteiger partial charge in [0.1, 0.15) is 22.3 Å². The summed E-state index contributed by atoms with van der Waals surface area (Å²) < 4.78 is 34.4. The highest BCUT2D eigenvalue weighted by Crippen LogP contribution is 2.48. The molecule has 2 heterocycles. The smallest absolute Gasteiger partial charge is 0.263 e. The Morgan fingerprint density at radius 2 is 2.04 bits per heavy atom. The van der Waals surface area contributed by atoms with E-state index < -0.39 is 16.6 Å². The van der Waals surface area contributed by atoms with Gasteiger partial charge in [-0.3, -0.25) is 14.3 Å². The van der Waals surface area contributed by atoms with Gasteiger partial charge in [0.05, 0.1) is 17.5 Å². The number of aldehydes is 1. The first-order chi connectivity index (χ1) is 22.2. The molecule has 2 aromatic rings. The fourth-order valence-electron chi connectivity index (χ4n) is 8.12. The zero-order valence-corrected chi connectivity index (χ0v) is 28.5. The Morgan fingerprint density at radius 3 is 2.78 bits per heavy atom. The van der Waals surface area contributed by atoms with Crippen LogP contribution < -0.4 is 14.4 Å². The van der Waals surface area contributed by atoms with Crippen molar-refractivity contribution in [3.63, 3.8) is 0 Å². The number of amides is 1. The summed E-state index contributed by atoms with van der Waals surface area (Å²) in [5.41, 5.74) is 2.47. The maximum absolute atomic E-state index is 13.6. The van der Waals surface area contributed by atoms with Gasteiger partial charge in [-0.05, 0) is 104 Å². The van der Waals surface area contributed by atoms with Crippen molar-refractivity contribution in [2.24, 2.45) is 17.8 Å². The highest BCUT2D eigenvalue weighted by Gasteiger charge is 2.49. The molecule has 8 nitrogen and oxygen atoms in total. The number of carbonyl (C=O) groups excluding carboxylic acids is 2. The molecule has 0 saturated heterocycles. The lowest BCUT2D eigenvalue weighted by molar-refractivity contribution is -0.135. The van der Waals surface area contributed by atoms with E-state index >= 15 is 0 Å². The molecule has 1 spiro atoms. The number of benzene rings is 2. The van der Waals surface area contributed by atoms with Gasteiger partial charge in [0, 0.05) is 55.8 Å². The summed E-state index contributed by atoms with van der Waals surface area (Å²) in [7, 11) is 1.57. The third kappa shape index (κ3) is 6.28. The maximum Gasteiger partial charge on any atom is 0.263 e. The number of methoxy groups -OCH3 is 2. The molecule has 0 aromatic heterocycles. The Balaban J connectivity index is 1.43. The van der Waals surface area contributed by atoms with E-state index in [2.05, 4.69) is 21.8 Å². The van der Waals surface area contributed by atoms with Gasteiger partial charge in [0.25, 0.3) is 5.91 Å². The topological polar surface area (TPSA) is 94.2 Å². The molecule has 7 atom stereocenters. The van der Waals surface area contributed by atoms with E-state index in [0.717, 1.165) is 49.1 Å². The number of carbonyl (C=O) groups is 2. The first-order valence-electron chi connectivity index (χ1n) is 16.4. The highest BCUT2D eigenvalue weighted by atomic mass is 35.5. The third-order valence-electron chi connectivity index (χ3n) is 10.9. The molecular weight excluding hydrogens is 624 g/mol. The average molecular weight is 669 g/mol. The van der Waals surface area contributed by atoms with E-state index in [1.807, 2.05) is 37.3 Å². The monoisotopic (exact) mass is 668 g/mol. The standard InChI is InChI=1S/C36H45ClN2O6S/c1-24-6-4-16-36(22-40,44-3)30-11-8-27(30)20-39-21-35(15-5-7-25-18-28(37)10-12-29(25)35)23-45-32-13-9-26(19-31(32)39)34(41)38-46(42)33(24)14-17-43-2/h4,9-10,12-13,16,18-19,22,24,27,30,33H,5-8,11,14-15,17,20-21,23H2,1-3H3,(H,38,41)/b16-4+/t24?,27?,30?,33?,35-,36-,46?/m0/s1. The predicted molar refractivity (Wildman–Crippen MR) is 181 cm³/mol. The van der Waals surface area contributed by atoms with Gasteiger partial charge in [-0.1, -0.05) is 30.7 Å².